The summed E-state index contributed by atoms with van der Waals surface area (Å²) < 4.78 is 23.5. The van der Waals surface area contributed by atoms with E-state index in [-0.39, 0.29) is 36.7 Å². The molecule has 1 unspecified atom stereocenters. The lowest BCUT2D eigenvalue weighted by molar-refractivity contribution is -0.129. The smallest absolute Gasteiger partial charge is 0.269 e. The van der Waals surface area contributed by atoms with Crippen LogP contribution in [-0.4, -0.2) is 82.1 Å². The van der Waals surface area contributed by atoms with Crippen LogP contribution in [0.15, 0.2) is 17.2 Å². The third-order valence-corrected chi connectivity index (χ3v) is 5.97. The van der Waals surface area contributed by atoms with Crippen molar-refractivity contribution in [3.05, 3.63) is 23.4 Å². The number of nitrogens with zero attached hydrogens (tertiary/aromatic N) is 2. The zero-order chi connectivity index (χ0) is 27.8. The molecule has 0 aliphatic heterocycles. The Morgan fingerprint density at radius 3 is 2.35 bits per heavy atom. The molecule has 204 valence electrons. The predicted molar refractivity (Wildman–Crippen MR) is 135 cm³/mol. The third-order valence-electron chi connectivity index (χ3n) is 4.96. The van der Waals surface area contributed by atoms with Crippen LogP contribution in [0.3, 0.4) is 0 Å². The first-order chi connectivity index (χ1) is 17.5. The Morgan fingerprint density at radius 1 is 1.00 bits per heavy atom. The first-order valence-corrected chi connectivity index (χ1v) is 13.8. The number of rotatable bonds is 16. The number of amides is 4. The quantitative estimate of drug-likeness (QED) is 0.164. The number of pyridine rings is 1. The molecule has 0 saturated heterocycles. The Kier molecular flexibility index (Phi) is 13.8. The third kappa shape index (κ3) is 12.3. The maximum atomic E-state index is 12.2. The first-order valence-electron chi connectivity index (χ1n) is 11.9. The molecule has 0 spiro atoms. The molecule has 0 aliphatic rings. The number of sulfone groups is 1. The molecule has 1 rings (SSSR count). The number of unbranched alkanes of at least 4 members (excludes halogenated alkanes) is 1. The Labute approximate surface area is 217 Å². The monoisotopic (exact) mass is 537 g/mol. The molecule has 0 bridgehead atoms. The molecule has 37 heavy (non-hydrogen) atoms. The van der Waals surface area contributed by atoms with E-state index in [4.69, 9.17) is 5.26 Å². The number of aromatic nitrogens is 1. The van der Waals surface area contributed by atoms with Crippen LogP contribution < -0.4 is 26.6 Å². The van der Waals surface area contributed by atoms with Gasteiger partial charge in [0.25, 0.3) is 5.91 Å². The molecule has 0 aliphatic carbocycles. The number of nitrogens with one attached hydrogen (secondary N) is 5. The van der Waals surface area contributed by atoms with Crippen molar-refractivity contribution in [2.24, 2.45) is 0 Å². The van der Waals surface area contributed by atoms with E-state index in [9.17, 15) is 27.6 Å². The van der Waals surface area contributed by atoms with Crippen molar-refractivity contribution in [1.29, 1.82) is 5.26 Å². The molecule has 14 heteroatoms. The van der Waals surface area contributed by atoms with Crippen molar-refractivity contribution in [1.82, 2.24) is 31.6 Å². The summed E-state index contributed by atoms with van der Waals surface area (Å²) in [6.45, 7) is 5.41. The summed E-state index contributed by atoms with van der Waals surface area (Å²) in [6.07, 6.45) is 3.70. The molecular weight excluding hydrogens is 502 g/mol. The minimum atomic E-state index is -3.82. The predicted octanol–water partition coefficient (Wildman–Crippen LogP) is -1.01. The second-order valence-electron chi connectivity index (χ2n) is 8.25. The molecule has 1 aromatic rings. The van der Waals surface area contributed by atoms with E-state index in [1.807, 2.05) is 0 Å². The Balaban J connectivity index is 2.33. The van der Waals surface area contributed by atoms with Crippen LogP contribution in [0.25, 0.3) is 0 Å². The van der Waals surface area contributed by atoms with E-state index >= 15 is 0 Å². The number of nitriles is 1. The molecule has 1 atom stereocenters. The minimum Gasteiger partial charge on any atom is -0.354 e. The highest BCUT2D eigenvalue weighted by atomic mass is 32.2. The highest BCUT2D eigenvalue weighted by molar-refractivity contribution is 7.90. The van der Waals surface area contributed by atoms with Gasteiger partial charge in [-0.15, -0.1) is 0 Å². The molecule has 0 fully saturated rings. The van der Waals surface area contributed by atoms with Gasteiger partial charge in [-0.3, -0.25) is 19.2 Å². The van der Waals surface area contributed by atoms with Crippen LogP contribution in [0.2, 0.25) is 0 Å². The summed E-state index contributed by atoms with van der Waals surface area (Å²) >= 11 is 0. The number of hydrogen-bond acceptors (Lipinski definition) is 9. The van der Waals surface area contributed by atoms with Gasteiger partial charge in [0.2, 0.25) is 17.7 Å². The second-order valence-corrected chi connectivity index (χ2v) is 10.2. The van der Waals surface area contributed by atoms with Crippen LogP contribution >= 0.6 is 0 Å². The molecule has 13 nitrogen and oxygen atoms in total. The Morgan fingerprint density at radius 2 is 1.70 bits per heavy atom. The molecule has 5 N–H and O–H groups in total. The molecule has 0 saturated carbocycles. The fraction of sp³-hybridized carbons (Fsp3) is 0.565. The Hall–Kier alpha value is -3.57. The summed E-state index contributed by atoms with van der Waals surface area (Å²) in [5.41, 5.74) is -0.405. The fourth-order valence-corrected chi connectivity index (χ4v) is 3.72. The van der Waals surface area contributed by atoms with E-state index in [0.717, 1.165) is 38.6 Å². The van der Waals surface area contributed by atoms with Crippen molar-refractivity contribution in [3.63, 3.8) is 0 Å². The summed E-state index contributed by atoms with van der Waals surface area (Å²) in [4.78, 5) is 52.0. The Bertz CT molecular complexity index is 1100. The largest absolute Gasteiger partial charge is 0.354 e. The first kappa shape index (κ1) is 31.5. The van der Waals surface area contributed by atoms with E-state index in [2.05, 4.69) is 38.5 Å². The lowest BCUT2D eigenvalue weighted by atomic mass is 10.2. The van der Waals surface area contributed by atoms with E-state index in [1.54, 1.807) is 6.07 Å². The summed E-state index contributed by atoms with van der Waals surface area (Å²) in [6, 6.07) is 3.31. The molecule has 0 radical (unpaired) electrons. The molecule has 4 amide bonds. The highest BCUT2D eigenvalue weighted by Crippen LogP contribution is 2.13. The minimum absolute atomic E-state index is 0.103. The molecular formula is C23H35N7O6S. The van der Waals surface area contributed by atoms with Crippen molar-refractivity contribution in [2.45, 2.75) is 50.6 Å². The average molecular weight is 538 g/mol. The van der Waals surface area contributed by atoms with E-state index < -0.39 is 38.6 Å². The van der Waals surface area contributed by atoms with Crippen molar-refractivity contribution in [2.75, 3.05) is 39.0 Å². The van der Waals surface area contributed by atoms with E-state index in [1.165, 1.54) is 19.1 Å². The van der Waals surface area contributed by atoms with Gasteiger partial charge in [-0.1, -0.05) is 13.3 Å². The van der Waals surface area contributed by atoms with Crippen LogP contribution in [0.4, 0.5) is 0 Å². The maximum Gasteiger partial charge on any atom is 0.269 e. The van der Waals surface area contributed by atoms with Crippen LogP contribution in [-0.2, 0) is 24.2 Å². The lowest BCUT2D eigenvalue weighted by Crippen LogP contribution is -2.48. The van der Waals surface area contributed by atoms with Gasteiger partial charge in [0.15, 0.2) is 14.9 Å². The van der Waals surface area contributed by atoms with Gasteiger partial charge in [-0.25, -0.2) is 13.4 Å². The number of carbonyl (C=O) groups excluding carboxylic acids is 4. The van der Waals surface area contributed by atoms with Gasteiger partial charge in [-0.2, -0.15) is 5.26 Å². The van der Waals surface area contributed by atoms with Gasteiger partial charge >= 0.3 is 0 Å². The van der Waals surface area contributed by atoms with Gasteiger partial charge in [0.1, 0.15) is 17.8 Å². The average Bonchev–Trinajstić information content (AvgIpc) is 2.85. The molecule has 1 aromatic heterocycles. The van der Waals surface area contributed by atoms with Gasteiger partial charge in [0.05, 0.1) is 12.1 Å². The lowest BCUT2D eigenvalue weighted by Gasteiger charge is -2.14. The van der Waals surface area contributed by atoms with Crippen molar-refractivity contribution >= 4 is 33.5 Å². The standard InChI is InChI=1S/C23H35N7O6S/c1-4-5-10-25-11-6-12-26-21(33)16(2)29-20(32)15-28-19(31)9-13-27-22(34)18-8-7-17(14-24)23(30-18)37(3,35)36/h7-8,16,25H,4-6,9-13,15H2,1-3H3,(H,26,33)(H,27,34)(H,28,31)(H,29,32). The topological polar surface area (TPSA) is 199 Å². The van der Waals surface area contributed by atoms with Crippen molar-refractivity contribution in [3.8, 4) is 6.07 Å². The normalized spacial score (nSPS) is 11.6. The van der Waals surface area contributed by atoms with Crippen LogP contribution in [0.1, 0.15) is 55.6 Å². The van der Waals surface area contributed by atoms with Gasteiger partial charge in [-0.05, 0) is 45.0 Å². The van der Waals surface area contributed by atoms with Crippen LogP contribution in [0.5, 0.6) is 0 Å². The summed E-state index contributed by atoms with van der Waals surface area (Å²) in [5.74, 6) is -2.12. The second kappa shape index (κ2) is 16.2. The fourth-order valence-electron chi connectivity index (χ4n) is 2.94. The zero-order valence-electron chi connectivity index (χ0n) is 21.3. The summed E-state index contributed by atoms with van der Waals surface area (Å²) in [5, 5.41) is 21.8. The summed E-state index contributed by atoms with van der Waals surface area (Å²) in [7, 11) is -3.82. The van der Waals surface area contributed by atoms with Crippen LogP contribution in [0, 0.1) is 11.3 Å². The highest BCUT2D eigenvalue weighted by Gasteiger charge is 2.19. The number of carbonyl (C=O) groups is 4. The SMILES string of the molecule is CCCCNCCCNC(=O)C(C)NC(=O)CNC(=O)CCNC(=O)c1ccc(C#N)c(S(C)(=O)=O)n1. The maximum absolute atomic E-state index is 12.2. The zero-order valence-corrected chi connectivity index (χ0v) is 22.2. The molecule has 0 aromatic carbocycles. The number of hydrogen-bond donors (Lipinski definition) is 5. The molecule has 1 heterocycles. The van der Waals surface area contributed by atoms with Gasteiger partial charge in [0, 0.05) is 25.8 Å². The van der Waals surface area contributed by atoms with Gasteiger partial charge < -0.3 is 26.6 Å². The van der Waals surface area contributed by atoms with E-state index in [0.29, 0.717) is 6.54 Å². The van der Waals surface area contributed by atoms with Crippen molar-refractivity contribution < 1.29 is 27.6 Å².